The molecule has 0 aliphatic rings. The van der Waals surface area contributed by atoms with Gasteiger partial charge < -0.3 is 0 Å². The lowest BCUT2D eigenvalue weighted by Crippen LogP contribution is -2.12. The Morgan fingerprint density at radius 2 is 1.94 bits per heavy atom. The highest BCUT2D eigenvalue weighted by molar-refractivity contribution is 8.00. The maximum Gasteiger partial charge on any atom is 0.175 e. The summed E-state index contributed by atoms with van der Waals surface area (Å²) < 4.78 is 26.0. The molecule has 94 valence electrons. The van der Waals surface area contributed by atoms with Crippen LogP contribution in [0.25, 0.3) is 0 Å². The van der Waals surface area contributed by atoms with Crippen molar-refractivity contribution in [2.24, 2.45) is 5.92 Å². The van der Waals surface area contributed by atoms with E-state index in [2.05, 4.69) is 13.8 Å². The Hall–Kier alpha value is -0.900. The molecule has 1 aromatic carbocycles. The quantitative estimate of drug-likeness (QED) is 0.744. The molecule has 0 saturated heterocycles. The Kier molecular flexibility index (Phi) is 5.12. The van der Waals surface area contributed by atoms with Crippen LogP contribution in [0.15, 0.2) is 18.2 Å². The molecule has 0 N–H and O–H groups in total. The predicted molar refractivity (Wildman–Crippen MR) is 67.4 cm³/mol. The number of hydrogen-bond acceptors (Lipinski definition) is 2. The molecule has 1 nitrogen and oxygen atoms in total. The number of carbonyl (C=O) groups excluding carboxylic acids is 1. The summed E-state index contributed by atoms with van der Waals surface area (Å²) in [5.41, 5.74) is -0.0325. The lowest BCUT2D eigenvalue weighted by atomic mass is 10.1. The van der Waals surface area contributed by atoms with Gasteiger partial charge in [-0.05, 0) is 18.1 Å². The van der Waals surface area contributed by atoms with Gasteiger partial charge in [0.15, 0.2) is 5.78 Å². The molecule has 0 saturated carbocycles. The van der Waals surface area contributed by atoms with Crippen LogP contribution in [0.4, 0.5) is 8.78 Å². The van der Waals surface area contributed by atoms with Crippen molar-refractivity contribution in [3.63, 3.8) is 0 Å². The third kappa shape index (κ3) is 4.11. The first-order valence-corrected chi connectivity index (χ1v) is 6.56. The molecule has 0 fully saturated rings. The van der Waals surface area contributed by atoms with Crippen molar-refractivity contribution in [3.8, 4) is 0 Å². The molecule has 1 atom stereocenters. The van der Waals surface area contributed by atoms with E-state index in [0.29, 0.717) is 11.2 Å². The van der Waals surface area contributed by atoms with Gasteiger partial charge in [-0.2, -0.15) is 11.8 Å². The Morgan fingerprint density at radius 1 is 1.29 bits per heavy atom. The first-order chi connectivity index (χ1) is 7.91. The predicted octanol–water partition coefficient (Wildman–Crippen LogP) is 3.93. The largest absolute Gasteiger partial charge is 0.293 e. The van der Waals surface area contributed by atoms with E-state index in [-0.39, 0.29) is 17.1 Å². The number of thioether (sulfide) groups is 1. The molecule has 0 aliphatic heterocycles. The molecule has 1 aromatic rings. The van der Waals surface area contributed by atoms with Gasteiger partial charge in [0.2, 0.25) is 0 Å². The Bertz CT molecular complexity index is 404. The van der Waals surface area contributed by atoms with Gasteiger partial charge in [-0.15, -0.1) is 0 Å². The normalized spacial score (nSPS) is 12.8. The number of carbonyl (C=O) groups is 1. The fraction of sp³-hybridized carbons (Fsp3) is 0.462. The summed E-state index contributed by atoms with van der Waals surface area (Å²) >= 11 is 1.49. The van der Waals surface area contributed by atoms with Gasteiger partial charge >= 0.3 is 0 Å². The number of hydrogen-bond donors (Lipinski definition) is 0. The molecule has 4 heteroatoms. The van der Waals surface area contributed by atoms with E-state index in [1.54, 1.807) is 0 Å². The highest BCUT2D eigenvalue weighted by atomic mass is 32.2. The zero-order chi connectivity index (χ0) is 13.0. The van der Waals surface area contributed by atoms with E-state index < -0.39 is 11.6 Å². The van der Waals surface area contributed by atoms with E-state index in [1.807, 2.05) is 6.92 Å². The summed E-state index contributed by atoms with van der Waals surface area (Å²) in [6, 6.07) is 3.05. The minimum Gasteiger partial charge on any atom is -0.293 e. The second-order valence-corrected chi connectivity index (χ2v) is 5.67. The Labute approximate surface area is 105 Å². The molecule has 17 heavy (non-hydrogen) atoms. The van der Waals surface area contributed by atoms with Crippen LogP contribution in [-0.2, 0) is 0 Å². The molecule has 0 aromatic heterocycles. The first-order valence-electron chi connectivity index (χ1n) is 5.51. The second-order valence-electron chi connectivity index (χ2n) is 4.31. The van der Waals surface area contributed by atoms with Crippen LogP contribution in [0.1, 0.15) is 31.1 Å². The summed E-state index contributed by atoms with van der Waals surface area (Å²) in [6.07, 6.45) is 0. The van der Waals surface area contributed by atoms with Gasteiger partial charge in [0.05, 0.1) is 11.3 Å². The standard InChI is InChI=1S/C13H16F2OS/c1-8(2)9(3)17-7-13(16)11-5-4-10(14)6-12(11)15/h4-6,8-9H,7H2,1-3H3. The summed E-state index contributed by atoms with van der Waals surface area (Å²) in [7, 11) is 0. The number of rotatable bonds is 5. The monoisotopic (exact) mass is 258 g/mol. The maximum atomic E-state index is 13.3. The smallest absolute Gasteiger partial charge is 0.175 e. The minimum atomic E-state index is -0.784. The van der Waals surface area contributed by atoms with Crippen LogP contribution in [0.2, 0.25) is 0 Å². The van der Waals surface area contributed by atoms with Gasteiger partial charge in [0.25, 0.3) is 0 Å². The zero-order valence-electron chi connectivity index (χ0n) is 10.2. The molecule has 1 rings (SSSR count). The van der Waals surface area contributed by atoms with E-state index >= 15 is 0 Å². The fourth-order valence-electron chi connectivity index (χ4n) is 1.19. The lowest BCUT2D eigenvalue weighted by Gasteiger charge is -2.14. The van der Waals surface area contributed by atoms with E-state index in [4.69, 9.17) is 0 Å². The van der Waals surface area contributed by atoms with Crippen molar-refractivity contribution in [1.29, 1.82) is 0 Å². The second kappa shape index (κ2) is 6.15. The average molecular weight is 258 g/mol. The summed E-state index contributed by atoms with van der Waals surface area (Å²) in [5.74, 6) is -1.05. The Balaban J connectivity index is 2.64. The van der Waals surface area contributed by atoms with Gasteiger partial charge in [-0.1, -0.05) is 20.8 Å². The van der Waals surface area contributed by atoms with Crippen molar-refractivity contribution in [3.05, 3.63) is 35.4 Å². The van der Waals surface area contributed by atoms with E-state index in [0.717, 1.165) is 12.1 Å². The van der Waals surface area contributed by atoms with Crippen LogP contribution in [0, 0.1) is 17.6 Å². The number of Topliss-reactive ketones (excluding diaryl/α,β-unsaturated/α-hetero) is 1. The highest BCUT2D eigenvalue weighted by Gasteiger charge is 2.15. The van der Waals surface area contributed by atoms with Crippen LogP contribution >= 0.6 is 11.8 Å². The molecule has 0 bridgehead atoms. The first kappa shape index (κ1) is 14.2. The van der Waals surface area contributed by atoms with Crippen LogP contribution < -0.4 is 0 Å². The Morgan fingerprint density at radius 3 is 2.47 bits per heavy atom. The van der Waals surface area contributed by atoms with E-state index in [9.17, 15) is 13.6 Å². The molecule has 1 unspecified atom stereocenters. The van der Waals surface area contributed by atoms with Gasteiger partial charge in [-0.25, -0.2) is 8.78 Å². The minimum absolute atomic E-state index is 0.0325. The lowest BCUT2D eigenvalue weighted by molar-refractivity contribution is 0.101. The highest BCUT2D eigenvalue weighted by Crippen LogP contribution is 2.20. The molecule has 0 aliphatic carbocycles. The third-order valence-electron chi connectivity index (χ3n) is 2.65. The summed E-state index contributed by atoms with van der Waals surface area (Å²) in [6.45, 7) is 6.17. The van der Waals surface area contributed by atoms with Crippen LogP contribution in [-0.4, -0.2) is 16.8 Å². The molecule has 0 amide bonds. The molecular weight excluding hydrogens is 242 g/mol. The number of halogens is 2. The molecule has 0 heterocycles. The summed E-state index contributed by atoms with van der Waals surface area (Å²) in [5, 5.41) is 0.336. The van der Waals surface area contributed by atoms with Gasteiger partial charge in [0, 0.05) is 11.3 Å². The summed E-state index contributed by atoms with van der Waals surface area (Å²) in [4.78, 5) is 11.7. The topological polar surface area (TPSA) is 17.1 Å². The van der Waals surface area contributed by atoms with Crippen molar-refractivity contribution in [2.75, 3.05) is 5.75 Å². The molecular formula is C13H16F2OS. The van der Waals surface area contributed by atoms with Crippen LogP contribution in [0.5, 0.6) is 0 Å². The van der Waals surface area contributed by atoms with E-state index in [1.165, 1.54) is 17.8 Å². The van der Waals surface area contributed by atoms with Crippen molar-refractivity contribution >= 4 is 17.5 Å². The fourth-order valence-corrected chi connectivity index (χ4v) is 2.15. The molecule has 0 spiro atoms. The van der Waals surface area contributed by atoms with Crippen molar-refractivity contribution < 1.29 is 13.6 Å². The molecule has 0 radical (unpaired) electrons. The number of benzene rings is 1. The third-order valence-corrected chi connectivity index (χ3v) is 4.15. The van der Waals surface area contributed by atoms with Gasteiger partial charge in [-0.3, -0.25) is 4.79 Å². The van der Waals surface area contributed by atoms with Crippen LogP contribution in [0.3, 0.4) is 0 Å². The average Bonchev–Trinajstić information content (AvgIpc) is 2.25. The van der Waals surface area contributed by atoms with Crippen molar-refractivity contribution in [1.82, 2.24) is 0 Å². The van der Waals surface area contributed by atoms with Crippen molar-refractivity contribution in [2.45, 2.75) is 26.0 Å². The number of ketones is 1. The zero-order valence-corrected chi connectivity index (χ0v) is 11.0. The van der Waals surface area contributed by atoms with Gasteiger partial charge in [0.1, 0.15) is 11.6 Å². The maximum absolute atomic E-state index is 13.3. The SMILES string of the molecule is CC(C)C(C)SCC(=O)c1ccc(F)cc1F.